The number of rotatable bonds is 4. The Morgan fingerprint density at radius 1 is 1.00 bits per heavy atom. The fourth-order valence-corrected chi connectivity index (χ4v) is 4.12. The van der Waals surface area contributed by atoms with Crippen LogP contribution in [0.4, 0.5) is 24.7 Å². The summed E-state index contributed by atoms with van der Waals surface area (Å²) in [5.41, 5.74) is 2.42. The average Bonchev–Trinajstić information content (AvgIpc) is 3.28. The molecule has 5 rings (SSSR count). The number of nitrogens with one attached hydrogen (secondary N) is 2. The van der Waals surface area contributed by atoms with Gasteiger partial charge < -0.3 is 10.2 Å². The van der Waals surface area contributed by atoms with Gasteiger partial charge in [0.2, 0.25) is 0 Å². The molecule has 174 valence electrons. The van der Waals surface area contributed by atoms with Crippen molar-refractivity contribution in [3.8, 4) is 11.1 Å². The number of anilines is 2. The molecule has 1 aliphatic rings. The summed E-state index contributed by atoms with van der Waals surface area (Å²) in [4.78, 5) is 23.0. The Labute approximate surface area is 193 Å². The van der Waals surface area contributed by atoms with Crippen molar-refractivity contribution in [2.24, 2.45) is 0 Å². The molecule has 10 heteroatoms. The van der Waals surface area contributed by atoms with Gasteiger partial charge in [0.1, 0.15) is 11.5 Å². The van der Waals surface area contributed by atoms with Crippen LogP contribution < -0.4 is 10.2 Å². The number of H-pyrrole nitrogens is 1. The van der Waals surface area contributed by atoms with Gasteiger partial charge in [0, 0.05) is 30.2 Å². The zero-order valence-electron chi connectivity index (χ0n) is 18.1. The highest BCUT2D eigenvalue weighted by Gasteiger charge is 2.32. The molecule has 0 saturated carbocycles. The monoisotopic (exact) mass is 466 g/mol. The normalized spacial score (nSPS) is 14.4. The van der Waals surface area contributed by atoms with E-state index in [9.17, 15) is 18.0 Å². The molecule has 0 radical (unpaired) electrons. The lowest BCUT2D eigenvalue weighted by molar-refractivity contribution is -0.141. The summed E-state index contributed by atoms with van der Waals surface area (Å²) >= 11 is 0. The third-order valence-electron chi connectivity index (χ3n) is 5.84. The second-order valence-corrected chi connectivity index (χ2v) is 8.17. The van der Waals surface area contributed by atoms with Crippen molar-refractivity contribution in [1.82, 2.24) is 20.2 Å². The largest absolute Gasteiger partial charge is 0.433 e. The number of benzene rings is 1. The summed E-state index contributed by atoms with van der Waals surface area (Å²) < 4.78 is 38.8. The first-order valence-electron chi connectivity index (χ1n) is 10.9. The molecule has 3 aromatic heterocycles. The minimum atomic E-state index is -4.61. The van der Waals surface area contributed by atoms with E-state index in [2.05, 4.69) is 36.4 Å². The van der Waals surface area contributed by atoms with Crippen LogP contribution in [0.5, 0.6) is 0 Å². The standard InChI is InChI=1S/C24H21F3N6O/c25-24(26,27)20-5-4-6-21(29-20)30-23(34)22-18-12-15(7-8-19(18)31-32-22)16-11-17(14-28-13-16)33-9-2-1-3-10-33/h4-8,11-14H,1-3,9-10H2,(H,31,32)(H,29,30,34). The van der Waals surface area contributed by atoms with Gasteiger partial charge in [0.15, 0.2) is 5.69 Å². The number of hydrogen-bond donors (Lipinski definition) is 2. The van der Waals surface area contributed by atoms with E-state index in [1.165, 1.54) is 18.6 Å². The van der Waals surface area contributed by atoms with E-state index in [1.54, 1.807) is 6.20 Å². The van der Waals surface area contributed by atoms with Gasteiger partial charge in [-0.1, -0.05) is 12.1 Å². The maximum Gasteiger partial charge on any atom is 0.433 e. The van der Waals surface area contributed by atoms with E-state index in [1.807, 2.05) is 24.4 Å². The molecule has 7 nitrogen and oxygen atoms in total. The number of nitrogens with zero attached hydrogens (tertiary/aromatic N) is 4. The van der Waals surface area contributed by atoms with Gasteiger partial charge in [0.25, 0.3) is 5.91 Å². The van der Waals surface area contributed by atoms with E-state index in [0.717, 1.165) is 48.8 Å². The fourth-order valence-electron chi connectivity index (χ4n) is 4.12. The van der Waals surface area contributed by atoms with Crippen molar-refractivity contribution in [3.05, 3.63) is 66.2 Å². The smallest absolute Gasteiger partial charge is 0.370 e. The molecule has 1 aromatic carbocycles. The van der Waals surface area contributed by atoms with Gasteiger partial charge in [-0.25, -0.2) is 4.98 Å². The molecule has 34 heavy (non-hydrogen) atoms. The van der Waals surface area contributed by atoms with Crippen molar-refractivity contribution >= 4 is 28.3 Å². The van der Waals surface area contributed by atoms with E-state index in [0.29, 0.717) is 10.9 Å². The molecule has 4 aromatic rings. The first-order chi connectivity index (χ1) is 16.4. The van der Waals surface area contributed by atoms with Crippen LogP contribution in [0.2, 0.25) is 0 Å². The maximum absolute atomic E-state index is 12.9. The van der Waals surface area contributed by atoms with Crippen molar-refractivity contribution in [1.29, 1.82) is 0 Å². The second kappa shape index (κ2) is 8.77. The van der Waals surface area contributed by atoms with Gasteiger partial charge in [-0.2, -0.15) is 18.3 Å². The summed E-state index contributed by atoms with van der Waals surface area (Å²) in [6.45, 7) is 2.00. The van der Waals surface area contributed by atoms with Crippen LogP contribution in [-0.2, 0) is 6.18 Å². The number of hydrogen-bond acceptors (Lipinski definition) is 5. The molecular formula is C24H21F3N6O. The number of aromatic amines is 1. The van der Waals surface area contributed by atoms with Crippen molar-refractivity contribution in [2.75, 3.05) is 23.3 Å². The zero-order chi connectivity index (χ0) is 23.7. The van der Waals surface area contributed by atoms with Crippen molar-refractivity contribution in [2.45, 2.75) is 25.4 Å². The number of fused-ring (bicyclic) bond motifs is 1. The van der Waals surface area contributed by atoms with Crippen LogP contribution in [0.15, 0.2) is 54.9 Å². The fraction of sp³-hybridized carbons (Fsp3) is 0.250. The summed E-state index contributed by atoms with van der Waals surface area (Å²) in [7, 11) is 0. The molecule has 1 amide bonds. The van der Waals surface area contributed by atoms with Gasteiger partial charge in [-0.3, -0.25) is 14.9 Å². The summed E-state index contributed by atoms with van der Waals surface area (Å²) in [6.07, 6.45) is 2.56. The molecule has 0 atom stereocenters. The van der Waals surface area contributed by atoms with Gasteiger partial charge >= 0.3 is 6.18 Å². The highest BCUT2D eigenvalue weighted by molar-refractivity contribution is 6.11. The minimum absolute atomic E-state index is 0.0659. The van der Waals surface area contributed by atoms with E-state index < -0.39 is 17.8 Å². The number of carbonyl (C=O) groups is 1. The van der Waals surface area contributed by atoms with Crippen molar-refractivity contribution in [3.63, 3.8) is 0 Å². The van der Waals surface area contributed by atoms with Crippen LogP contribution in [-0.4, -0.2) is 39.2 Å². The number of pyridine rings is 2. The molecule has 1 saturated heterocycles. The number of carbonyl (C=O) groups excluding carboxylic acids is 1. The van der Waals surface area contributed by atoms with Crippen LogP contribution in [0.3, 0.4) is 0 Å². The zero-order valence-corrected chi connectivity index (χ0v) is 18.1. The molecule has 0 aliphatic carbocycles. The highest BCUT2D eigenvalue weighted by atomic mass is 19.4. The van der Waals surface area contributed by atoms with Crippen molar-refractivity contribution < 1.29 is 18.0 Å². The van der Waals surface area contributed by atoms with Crippen LogP contribution in [0.25, 0.3) is 22.0 Å². The Bertz CT molecular complexity index is 1340. The lowest BCUT2D eigenvalue weighted by atomic mass is 10.0. The van der Waals surface area contributed by atoms with E-state index in [-0.39, 0.29) is 11.5 Å². The molecule has 1 fully saturated rings. The Hall–Kier alpha value is -3.95. The Kier molecular flexibility index (Phi) is 5.64. The Balaban J connectivity index is 1.43. The summed E-state index contributed by atoms with van der Waals surface area (Å²) in [6, 6.07) is 11.0. The molecule has 0 spiro atoms. The SMILES string of the molecule is O=C(Nc1cccc(C(F)(F)F)n1)c1n[nH]c2ccc(-c3cncc(N4CCCCC4)c3)cc12. The van der Waals surface area contributed by atoms with Gasteiger partial charge in [-0.15, -0.1) is 0 Å². The predicted octanol–water partition coefficient (Wildman–Crippen LogP) is 5.28. The first-order valence-corrected chi connectivity index (χ1v) is 10.9. The second-order valence-electron chi connectivity index (χ2n) is 8.17. The summed E-state index contributed by atoms with van der Waals surface area (Å²) in [5.74, 6) is -0.860. The first kappa shape index (κ1) is 21.9. The maximum atomic E-state index is 12.9. The Morgan fingerprint density at radius 2 is 1.82 bits per heavy atom. The number of piperidine rings is 1. The van der Waals surface area contributed by atoms with Crippen LogP contribution in [0.1, 0.15) is 35.4 Å². The lowest BCUT2D eigenvalue weighted by Gasteiger charge is -2.28. The number of aromatic nitrogens is 4. The quantitative estimate of drug-likeness (QED) is 0.427. The molecule has 4 heterocycles. The highest BCUT2D eigenvalue weighted by Crippen LogP contribution is 2.30. The number of alkyl halides is 3. The third-order valence-corrected chi connectivity index (χ3v) is 5.84. The molecular weight excluding hydrogens is 445 g/mol. The van der Waals surface area contributed by atoms with Crippen LogP contribution in [0, 0.1) is 0 Å². The Morgan fingerprint density at radius 3 is 2.62 bits per heavy atom. The predicted molar refractivity (Wildman–Crippen MR) is 123 cm³/mol. The molecule has 1 aliphatic heterocycles. The van der Waals surface area contributed by atoms with Gasteiger partial charge in [0.05, 0.1) is 17.4 Å². The minimum Gasteiger partial charge on any atom is -0.370 e. The van der Waals surface area contributed by atoms with E-state index >= 15 is 0 Å². The number of halogens is 3. The molecule has 2 N–H and O–H groups in total. The molecule has 0 bridgehead atoms. The third kappa shape index (κ3) is 4.43. The topological polar surface area (TPSA) is 86.8 Å². The average molecular weight is 466 g/mol. The lowest BCUT2D eigenvalue weighted by Crippen LogP contribution is -2.29. The van der Waals surface area contributed by atoms with E-state index in [4.69, 9.17) is 0 Å². The molecule has 0 unspecified atom stereocenters. The van der Waals surface area contributed by atoms with Gasteiger partial charge in [-0.05, 0) is 55.2 Å². The van der Waals surface area contributed by atoms with Crippen LogP contribution >= 0.6 is 0 Å². The number of amides is 1. The summed E-state index contributed by atoms with van der Waals surface area (Å²) in [5, 5.41) is 9.83.